The van der Waals surface area contributed by atoms with Gasteiger partial charge in [-0.2, -0.15) is 8.42 Å². The van der Waals surface area contributed by atoms with Crippen molar-refractivity contribution in [3.05, 3.63) is 77.7 Å². The minimum atomic E-state index is -4.08. The van der Waals surface area contributed by atoms with Crippen LogP contribution in [-0.2, 0) is 21.2 Å². The molecular formula is C31H34N4O4S2. The third-order valence-electron chi connectivity index (χ3n) is 7.29. The lowest BCUT2D eigenvalue weighted by molar-refractivity contribution is -0.146. The summed E-state index contributed by atoms with van der Waals surface area (Å²) in [6.07, 6.45) is 4.67. The van der Waals surface area contributed by atoms with E-state index in [0.717, 1.165) is 53.8 Å². The number of fused-ring (bicyclic) bond motifs is 6. The molecule has 2 N–H and O–H groups in total. The zero-order valence-corrected chi connectivity index (χ0v) is 24.8. The van der Waals surface area contributed by atoms with E-state index < -0.39 is 21.4 Å². The van der Waals surface area contributed by atoms with Crippen LogP contribution in [0.4, 0.5) is 11.6 Å². The first-order chi connectivity index (χ1) is 19.6. The van der Waals surface area contributed by atoms with Gasteiger partial charge in [-0.15, -0.1) is 11.3 Å². The second kappa shape index (κ2) is 12.0. The summed E-state index contributed by atoms with van der Waals surface area (Å²) in [5, 5.41) is 11.6. The third-order valence-corrected chi connectivity index (χ3v) is 9.45. The maximum absolute atomic E-state index is 13.6. The van der Waals surface area contributed by atoms with E-state index >= 15 is 0 Å². The molecule has 4 heterocycles. The molecule has 0 saturated carbocycles. The van der Waals surface area contributed by atoms with Crippen LogP contribution in [0.2, 0.25) is 0 Å². The van der Waals surface area contributed by atoms with Crippen molar-refractivity contribution in [3.63, 3.8) is 0 Å². The van der Waals surface area contributed by atoms with E-state index in [-0.39, 0.29) is 17.4 Å². The molecule has 1 aromatic carbocycles. The zero-order chi connectivity index (χ0) is 29.0. The number of aromatic nitrogens is 2. The molecule has 1 aliphatic heterocycles. The highest BCUT2D eigenvalue weighted by molar-refractivity contribution is 7.92. The molecule has 3 aromatic heterocycles. The molecule has 5 rings (SSSR count). The Hall–Kier alpha value is -3.76. The van der Waals surface area contributed by atoms with Gasteiger partial charge < -0.3 is 10.0 Å². The monoisotopic (exact) mass is 590 g/mol. The van der Waals surface area contributed by atoms with Crippen LogP contribution < -0.4 is 9.62 Å². The van der Waals surface area contributed by atoms with Crippen molar-refractivity contribution in [1.82, 2.24) is 9.97 Å². The Morgan fingerprint density at radius 1 is 0.951 bits per heavy atom. The number of rotatable bonds is 4. The number of pyridine rings is 2. The van der Waals surface area contributed by atoms with E-state index in [1.807, 2.05) is 46.7 Å². The fourth-order valence-electron chi connectivity index (χ4n) is 5.03. The largest absolute Gasteiger partial charge is 0.481 e. The Morgan fingerprint density at radius 3 is 2.54 bits per heavy atom. The molecule has 0 radical (unpaired) electrons. The first kappa shape index (κ1) is 28.8. The highest BCUT2D eigenvalue weighted by Crippen LogP contribution is 2.37. The number of aliphatic carboxylic acids is 1. The van der Waals surface area contributed by atoms with Crippen molar-refractivity contribution < 1.29 is 18.3 Å². The minimum Gasteiger partial charge on any atom is -0.481 e. The van der Waals surface area contributed by atoms with Gasteiger partial charge in [0, 0.05) is 29.1 Å². The number of thiophene rings is 1. The molecule has 10 heteroatoms. The summed E-state index contributed by atoms with van der Waals surface area (Å²) in [5.41, 5.74) is 2.80. The number of aryl methyl sites for hydroxylation is 1. The van der Waals surface area contributed by atoms with Crippen molar-refractivity contribution in [2.24, 2.45) is 5.41 Å². The number of nitrogens with one attached hydrogen (secondary N) is 1. The van der Waals surface area contributed by atoms with Crippen LogP contribution in [0, 0.1) is 5.41 Å². The number of hydrogen-bond donors (Lipinski definition) is 2. The van der Waals surface area contributed by atoms with E-state index in [1.165, 1.54) is 11.6 Å². The predicted molar refractivity (Wildman–Crippen MR) is 164 cm³/mol. The summed E-state index contributed by atoms with van der Waals surface area (Å²) in [6, 6.07) is 20.6. The Morgan fingerprint density at radius 2 is 1.76 bits per heavy atom. The summed E-state index contributed by atoms with van der Waals surface area (Å²) >= 11 is 1.62. The van der Waals surface area contributed by atoms with Gasteiger partial charge in [0.25, 0.3) is 10.0 Å². The number of carboxylic acids is 1. The van der Waals surface area contributed by atoms with Crippen molar-refractivity contribution in [3.8, 4) is 21.7 Å². The second-order valence-corrected chi connectivity index (χ2v) is 13.5. The van der Waals surface area contributed by atoms with Gasteiger partial charge in [0.2, 0.25) is 0 Å². The van der Waals surface area contributed by atoms with Gasteiger partial charge in [-0.25, -0.2) is 9.97 Å². The van der Waals surface area contributed by atoms with E-state index in [1.54, 1.807) is 43.4 Å². The molecule has 0 spiro atoms. The Balaban J connectivity index is 1.59. The number of hydrogen-bond acceptors (Lipinski definition) is 7. The van der Waals surface area contributed by atoms with Gasteiger partial charge in [-0.1, -0.05) is 49.2 Å². The smallest absolute Gasteiger partial charge is 0.310 e. The molecule has 4 bridgehead atoms. The van der Waals surface area contributed by atoms with Crippen LogP contribution in [0.1, 0.15) is 45.1 Å². The number of sulfonamides is 1. The fourth-order valence-corrected chi connectivity index (χ4v) is 6.75. The summed E-state index contributed by atoms with van der Waals surface area (Å²) in [7, 11) is -4.08. The van der Waals surface area contributed by atoms with E-state index in [4.69, 9.17) is 4.98 Å². The highest BCUT2D eigenvalue weighted by Gasteiger charge is 2.31. The second-order valence-electron chi connectivity index (χ2n) is 10.9. The Labute approximate surface area is 245 Å². The number of benzene rings is 1. The van der Waals surface area contributed by atoms with Crippen LogP contribution in [0.25, 0.3) is 21.7 Å². The summed E-state index contributed by atoms with van der Waals surface area (Å²) in [6.45, 7) is 4.11. The molecule has 0 aliphatic carbocycles. The van der Waals surface area contributed by atoms with Crippen LogP contribution in [0.3, 0.4) is 0 Å². The van der Waals surface area contributed by atoms with Crippen LogP contribution >= 0.6 is 11.3 Å². The molecule has 0 amide bonds. The van der Waals surface area contributed by atoms with Crippen LogP contribution in [0.5, 0.6) is 0 Å². The number of carboxylic acid groups (broad SMARTS) is 1. The highest BCUT2D eigenvalue weighted by atomic mass is 32.2. The maximum atomic E-state index is 13.6. The van der Waals surface area contributed by atoms with E-state index in [9.17, 15) is 18.3 Å². The predicted octanol–water partition coefficient (Wildman–Crippen LogP) is 6.71. The number of carbonyl (C=O) groups is 1. The molecular weight excluding hydrogens is 556 g/mol. The van der Waals surface area contributed by atoms with E-state index in [0.29, 0.717) is 12.4 Å². The zero-order valence-electron chi connectivity index (χ0n) is 23.2. The number of anilines is 2. The van der Waals surface area contributed by atoms with Gasteiger partial charge in [0.1, 0.15) is 11.6 Å². The average Bonchev–Trinajstić information content (AvgIpc) is 3.49. The quantitative estimate of drug-likeness (QED) is 0.272. The summed E-state index contributed by atoms with van der Waals surface area (Å²) in [5.74, 6) is -0.283. The van der Waals surface area contributed by atoms with Crippen molar-refractivity contribution in [1.29, 1.82) is 0 Å². The number of nitrogens with zero attached hydrogens (tertiary/aromatic N) is 3. The Kier molecular flexibility index (Phi) is 8.42. The van der Waals surface area contributed by atoms with Gasteiger partial charge in [-0.3, -0.25) is 9.52 Å². The topological polar surface area (TPSA) is 112 Å². The standard InChI is InChI=1S/C31H34N4O4S2/c1-31(2,30(36)37)21-35-19-8-4-3-5-11-22-12-6-7-13-23(22)29-24(25-14-10-20-40-25)17-18-26(32-29)34-41(38,39)28-16-9-15-27(35)33-28/h6-7,9-10,12-18,20H,3-5,8,11,19,21H2,1-2H3,(H,32,34)(H,36,37). The lowest BCUT2D eigenvalue weighted by Gasteiger charge is -2.31. The normalized spacial score (nSPS) is 15.8. The lowest BCUT2D eigenvalue weighted by atomic mass is 9.93. The SMILES string of the molecule is CC(C)(CN1CCCCCCc2ccccc2-c2nc(ccc2-c2cccs2)NS(=O)(=O)c2cccc1n2)C(=O)O. The molecule has 4 aromatic rings. The maximum Gasteiger partial charge on any atom is 0.310 e. The van der Waals surface area contributed by atoms with Crippen molar-refractivity contribution in [2.45, 2.75) is 51.0 Å². The lowest BCUT2D eigenvalue weighted by Crippen LogP contribution is -2.40. The molecule has 214 valence electrons. The van der Waals surface area contributed by atoms with Gasteiger partial charge >= 0.3 is 5.97 Å². The molecule has 0 unspecified atom stereocenters. The van der Waals surface area contributed by atoms with Gasteiger partial charge in [-0.05, 0) is 74.4 Å². The minimum absolute atomic E-state index is 0.150. The first-order valence-corrected chi connectivity index (χ1v) is 16.1. The first-order valence-electron chi connectivity index (χ1n) is 13.8. The molecule has 8 nitrogen and oxygen atoms in total. The van der Waals surface area contributed by atoms with Crippen molar-refractivity contribution >= 4 is 39.0 Å². The molecule has 0 atom stereocenters. The molecule has 0 fully saturated rings. The van der Waals surface area contributed by atoms with Crippen LogP contribution in [-0.4, -0.2) is 42.6 Å². The molecule has 41 heavy (non-hydrogen) atoms. The third kappa shape index (κ3) is 6.60. The van der Waals surface area contributed by atoms with E-state index in [2.05, 4.69) is 15.8 Å². The average molecular weight is 591 g/mol. The summed E-state index contributed by atoms with van der Waals surface area (Å²) < 4.78 is 29.7. The van der Waals surface area contributed by atoms with Gasteiger partial charge in [0.05, 0.1) is 11.1 Å². The van der Waals surface area contributed by atoms with Crippen molar-refractivity contribution in [2.75, 3.05) is 22.7 Å². The summed E-state index contributed by atoms with van der Waals surface area (Å²) in [4.78, 5) is 24.2. The fraction of sp³-hybridized carbons (Fsp3) is 0.323. The molecule has 0 saturated heterocycles. The van der Waals surface area contributed by atoms with Gasteiger partial charge in [0.15, 0.2) is 5.03 Å². The van der Waals surface area contributed by atoms with Crippen LogP contribution in [0.15, 0.2) is 77.1 Å². The molecule has 1 aliphatic rings. The Bertz CT molecular complexity index is 1640.